The number of aryl methyl sites for hydroxylation is 2. The van der Waals surface area contributed by atoms with Crippen LogP contribution in [0.3, 0.4) is 0 Å². The molecule has 0 saturated heterocycles. The number of alkyl halides is 2. The summed E-state index contributed by atoms with van der Waals surface area (Å²) < 4.78 is 37.9. The van der Waals surface area contributed by atoms with Gasteiger partial charge in [0.1, 0.15) is 12.9 Å². The number of aromatic nitrogens is 6. The number of benzene rings is 1. The summed E-state index contributed by atoms with van der Waals surface area (Å²) in [5.41, 5.74) is 1.32. The lowest BCUT2D eigenvalue weighted by Gasteiger charge is -2.38. The van der Waals surface area contributed by atoms with Crippen LogP contribution in [-0.4, -0.2) is 29.2 Å². The molecule has 1 saturated carbocycles. The molecular weight excluding hydrogens is 406 g/mol. The Bertz CT molecular complexity index is 1320. The quantitative estimate of drug-likeness (QED) is 0.487. The van der Waals surface area contributed by atoms with E-state index in [4.69, 9.17) is 4.52 Å². The Morgan fingerprint density at radius 1 is 1.23 bits per heavy atom. The molecule has 0 N–H and O–H groups in total. The Kier molecular flexibility index (Phi) is 4.45. The van der Waals surface area contributed by atoms with Gasteiger partial charge in [-0.1, -0.05) is 35.0 Å². The molecule has 10 heteroatoms. The highest BCUT2D eigenvalue weighted by atomic mass is 19.3. The molecule has 0 amide bonds. The van der Waals surface area contributed by atoms with Crippen LogP contribution >= 0.6 is 0 Å². The Morgan fingerprint density at radius 2 is 2.00 bits per heavy atom. The fraction of sp³-hybridized carbons (Fsp3) is 0.381. The van der Waals surface area contributed by atoms with Crippen molar-refractivity contribution < 1.29 is 13.3 Å². The van der Waals surface area contributed by atoms with E-state index in [-0.39, 0.29) is 42.3 Å². The third-order valence-electron chi connectivity index (χ3n) is 5.91. The third kappa shape index (κ3) is 3.31. The van der Waals surface area contributed by atoms with Crippen LogP contribution in [0, 0.1) is 12.8 Å². The summed E-state index contributed by atoms with van der Waals surface area (Å²) in [7, 11) is 1.72. The van der Waals surface area contributed by atoms with Crippen LogP contribution in [0.25, 0.3) is 11.2 Å². The molecule has 31 heavy (non-hydrogen) atoms. The molecule has 0 radical (unpaired) electrons. The zero-order valence-corrected chi connectivity index (χ0v) is 17.0. The predicted molar refractivity (Wildman–Crippen MR) is 107 cm³/mol. The van der Waals surface area contributed by atoms with Gasteiger partial charge >= 0.3 is 0 Å². The van der Waals surface area contributed by atoms with Gasteiger partial charge in [0.2, 0.25) is 5.89 Å². The maximum Gasteiger partial charge on any atom is 0.280 e. The van der Waals surface area contributed by atoms with Gasteiger partial charge in [0.05, 0.1) is 6.33 Å². The molecule has 1 aromatic carbocycles. The highest BCUT2D eigenvalue weighted by molar-refractivity contribution is 5.68. The lowest BCUT2D eigenvalue weighted by atomic mass is 9.69. The van der Waals surface area contributed by atoms with Gasteiger partial charge in [-0.3, -0.25) is 9.36 Å². The topological polar surface area (TPSA) is 91.6 Å². The lowest BCUT2D eigenvalue weighted by Crippen LogP contribution is -2.36. The van der Waals surface area contributed by atoms with Crippen molar-refractivity contribution in [2.24, 2.45) is 13.0 Å². The second-order valence-electron chi connectivity index (χ2n) is 8.11. The molecule has 1 aliphatic carbocycles. The molecular formula is C21H20F2N6O2. The number of nitrogens with zero attached hydrogens (tertiary/aromatic N) is 6. The molecule has 0 unspecified atom stereocenters. The number of hydrogen-bond donors (Lipinski definition) is 0. The Hall–Kier alpha value is -3.43. The summed E-state index contributed by atoms with van der Waals surface area (Å²) in [6.07, 6.45) is 3.46. The van der Waals surface area contributed by atoms with E-state index in [1.165, 1.54) is 29.4 Å². The van der Waals surface area contributed by atoms with Crippen molar-refractivity contribution >= 4 is 11.2 Å². The summed E-state index contributed by atoms with van der Waals surface area (Å²) in [4.78, 5) is 25.2. The second kappa shape index (κ2) is 7.07. The van der Waals surface area contributed by atoms with E-state index in [2.05, 4.69) is 20.1 Å². The van der Waals surface area contributed by atoms with E-state index in [1.807, 2.05) is 0 Å². The monoisotopic (exact) mass is 426 g/mol. The molecule has 160 valence electrons. The van der Waals surface area contributed by atoms with E-state index in [9.17, 15) is 13.6 Å². The van der Waals surface area contributed by atoms with Crippen molar-refractivity contribution in [3.63, 3.8) is 0 Å². The first kappa shape index (κ1) is 19.5. The first-order valence-electron chi connectivity index (χ1n) is 9.97. The first-order valence-corrected chi connectivity index (χ1v) is 9.97. The minimum Gasteiger partial charge on any atom is -0.337 e. The maximum absolute atomic E-state index is 14.8. The minimum atomic E-state index is -2.90. The zero-order valence-electron chi connectivity index (χ0n) is 17.0. The molecule has 0 aliphatic heterocycles. The highest BCUT2D eigenvalue weighted by Gasteiger charge is 2.50. The number of rotatable bonds is 5. The van der Waals surface area contributed by atoms with Gasteiger partial charge in [0, 0.05) is 24.4 Å². The summed E-state index contributed by atoms with van der Waals surface area (Å²) >= 11 is 0. The molecule has 8 nitrogen and oxygen atoms in total. The number of imidazole rings is 1. The Balaban J connectivity index is 1.29. The van der Waals surface area contributed by atoms with Crippen LogP contribution in [0.1, 0.15) is 41.6 Å². The van der Waals surface area contributed by atoms with Crippen LogP contribution in [0.4, 0.5) is 8.78 Å². The Labute approximate surface area is 175 Å². The lowest BCUT2D eigenvalue weighted by molar-refractivity contribution is -0.102. The predicted octanol–water partition coefficient (Wildman–Crippen LogP) is 3.16. The SMILES string of the molecule is Cc1cccc(C(F)(F)C2CC(c3noc(Cn4cnc5ncn(C)c5c4=O)n3)C2)c1. The average Bonchev–Trinajstić information content (AvgIpc) is 3.30. The van der Waals surface area contributed by atoms with E-state index in [1.54, 1.807) is 30.7 Å². The van der Waals surface area contributed by atoms with Crippen LogP contribution in [0.2, 0.25) is 0 Å². The third-order valence-corrected chi connectivity index (χ3v) is 5.91. The molecule has 1 aliphatic rings. The van der Waals surface area contributed by atoms with E-state index >= 15 is 0 Å². The van der Waals surface area contributed by atoms with Crippen molar-refractivity contribution in [1.29, 1.82) is 0 Å². The maximum atomic E-state index is 14.8. The van der Waals surface area contributed by atoms with E-state index < -0.39 is 11.8 Å². The smallest absolute Gasteiger partial charge is 0.280 e. The van der Waals surface area contributed by atoms with Crippen LogP contribution in [0.5, 0.6) is 0 Å². The number of fused-ring (bicyclic) bond motifs is 1. The fourth-order valence-corrected chi connectivity index (χ4v) is 4.04. The summed E-state index contributed by atoms with van der Waals surface area (Å²) in [6, 6.07) is 6.46. The van der Waals surface area contributed by atoms with Gasteiger partial charge in [0.25, 0.3) is 11.5 Å². The van der Waals surface area contributed by atoms with Gasteiger partial charge < -0.3 is 9.09 Å². The van der Waals surface area contributed by atoms with Gasteiger partial charge in [-0.2, -0.15) is 4.98 Å². The summed E-state index contributed by atoms with van der Waals surface area (Å²) in [5, 5.41) is 3.95. The summed E-state index contributed by atoms with van der Waals surface area (Å²) in [6.45, 7) is 1.85. The standard InChI is InChI=1S/C21H20F2N6O2/c1-12-4-3-5-14(6-12)21(22,23)15-7-13(8-15)18-26-16(31-27-18)9-29-11-25-19-17(20(29)30)28(2)10-24-19/h3-6,10-11,13,15H,7-9H2,1-2H3. The van der Waals surface area contributed by atoms with Crippen LogP contribution < -0.4 is 5.56 Å². The molecule has 0 atom stereocenters. The van der Waals surface area contributed by atoms with Crippen molar-refractivity contribution in [1.82, 2.24) is 29.2 Å². The number of halogens is 2. The van der Waals surface area contributed by atoms with Crippen LogP contribution in [-0.2, 0) is 19.5 Å². The molecule has 3 aromatic heterocycles. The highest BCUT2D eigenvalue weighted by Crippen LogP contribution is 2.52. The fourth-order valence-electron chi connectivity index (χ4n) is 4.04. The largest absolute Gasteiger partial charge is 0.337 e. The van der Waals surface area contributed by atoms with E-state index in [0.717, 1.165) is 5.56 Å². The van der Waals surface area contributed by atoms with Gasteiger partial charge in [-0.15, -0.1) is 0 Å². The van der Waals surface area contributed by atoms with Crippen molar-refractivity contribution in [2.45, 2.75) is 38.2 Å². The van der Waals surface area contributed by atoms with Crippen molar-refractivity contribution in [3.05, 3.63) is 70.1 Å². The van der Waals surface area contributed by atoms with Crippen molar-refractivity contribution in [2.75, 3.05) is 0 Å². The zero-order chi connectivity index (χ0) is 21.8. The van der Waals surface area contributed by atoms with Gasteiger partial charge in [-0.05, 0) is 19.8 Å². The van der Waals surface area contributed by atoms with Crippen molar-refractivity contribution in [3.8, 4) is 0 Å². The van der Waals surface area contributed by atoms with E-state index in [0.29, 0.717) is 17.0 Å². The average molecular weight is 426 g/mol. The molecule has 4 aromatic rings. The molecule has 0 bridgehead atoms. The first-order chi connectivity index (χ1) is 14.8. The normalized spacial score (nSPS) is 19.0. The number of hydrogen-bond acceptors (Lipinski definition) is 6. The molecule has 1 fully saturated rings. The Morgan fingerprint density at radius 3 is 2.77 bits per heavy atom. The minimum absolute atomic E-state index is 0.0437. The van der Waals surface area contributed by atoms with Crippen LogP contribution in [0.15, 0.2) is 46.2 Å². The van der Waals surface area contributed by atoms with Gasteiger partial charge in [-0.25, -0.2) is 18.7 Å². The summed E-state index contributed by atoms with van der Waals surface area (Å²) in [5.74, 6) is -3.22. The second-order valence-corrected chi connectivity index (χ2v) is 8.11. The molecule has 0 spiro atoms. The molecule has 5 rings (SSSR count). The molecule has 3 heterocycles. The van der Waals surface area contributed by atoms with Gasteiger partial charge in [0.15, 0.2) is 17.0 Å².